The molecule has 0 aliphatic rings. The molecule has 0 bridgehead atoms. The normalized spacial score (nSPS) is 11.4. The fourth-order valence-electron chi connectivity index (χ4n) is 3.29. The van der Waals surface area contributed by atoms with E-state index in [4.69, 9.17) is 0 Å². The van der Waals surface area contributed by atoms with E-state index in [0.29, 0.717) is 16.7 Å². The summed E-state index contributed by atoms with van der Waals surface area (Å²) in [6.45, 7) is 3.91. The Balaban J connectivity index is 1.87. The van der Waals surface area contributed by atoms with Gasteiger partial charge in [-0.1, -0.05) is 48.5 Å². The van der Waals surface area contributed by atoms with Crippen molar-refractivity contribution in [2.24, 2.45) is 0 Å². The van der Waals surface area contributed by atoms with Crippen LogP contribution in [0.4, 0.5) is 0 Å². The highest BCUT2D eigenvalue weighted by atomic mass is 32.2. The van der Waals surface area contributed by atoms with Gasteiger partial charge in [0, 0.05) is 31.8 Å². The molecule has 32 heavy (non-hydrogen) atoms. The minimum atomic E-state index is -3.66. The summed E-state index contributed by atoms with van der Waals surface area (Å²) in [5.41, 5.74) is 3.59. The molecule has 0 heterocycles. The molecule has 0 atom stereocenters. The molecule has 0 fully saturated rings. The highest BCUT2D eigenvalue weighted by Crippen LogP contribution is 2.20. The predicted octanol–water partition coefficient (Wildman–Crippen LogP) is 3.71. The van der Waals surface area contributed by atoms with Crippen LogP contribution in [0.5, 0.6) is 0 Å². The Hall–Kier alpha value is -3.29. The minimum Gasteiger partial charge on any atom is -0.348 e. The molecule has 6 nitrogen and oxygen atoms in total. The zero-order valence-corrected chi connectivity index (χ0v) is 19.4. The molecule has 3 aromatic rings. The summed E-state index contributed by atoms with van der Waals surface area (Å²) < 4.78 is 26.3. The van der Waals surface area contributed by atoms with E-state index in [-0.39, 0.29) is 22.8 Å². The topological polar surface area (TPSA) is 83.5 Å². The smallest absolute Gasteiger partial charge is 0.252 e. The van der Waals surface area contributed by atoms with Crippen LogP contribution >= 0.6 is 0 Å². The van der Waals surface area contributed by atoms with Gasteiger partial charge >= 0.3 is 0 Å². The molecule has 0 spiro atoms. The molecule has 7 heteroatoms. The van der Waals surface area contributed by atoms with Gasteiger partial charge in [-0.05, 0) is 48.7 Å². The third-order valence-electron chi connectivity index (χ3n) is 5.36. The zero-order chi connectivity index (χ0) is 23.5. The van der Waals surface area contributed by atoms with E-state index in [1.165, 1.54) is 20.2 Å². The molecule has 166 valence electrons. The number of nitrogens with one attached hydrogen (secondary N) is 1. The summed E-state index contributed by atoms with van der Waals surface area (Å²) in [7, 11) is -0.742. The standard InChI is InChI=1S/C25H26N2O4S/c1-17-13-14-19(15-18(17)2)24(28)21-10-6-7-11-22(21)25(29)26-16-20-9-5-8-12-23(20)32(30,31)27(3)4/h5-15H,16H2,1-4H3,(H,26,29). The second-order valence-corrected chi connectivity index (χ2v) is 9.87. The molecule has 0 aromatic heterocycles. The summed E-state index contributed by atoms with van der Waals surface area (Å²) in [6.07, 6.45) is 0. The molecular weight excluding hydrogens is 424 g/mol. The Bertz CT molecular complexity index is 1280. The van der Waals surface area contributed by atoms with E-state index in [1.807, 2.05) is 26.0 Å². The Kier molecular flexibility index (Phi) is 6.91. The van der Waals surface area contributed by atoms with Crippen molar-refractivity contribution in [3.8, 4) is 0 Å². The molecule has 1 N–H and O–H groups in total. The molecule has 0 aliphatic carbocycles. The van der Waals surface area contributed by atoms with Gasteiger partial charge < -0.3 is 5.32 Å². The maximum absolute atomic E-state index is 13.1. The van der Waals surface area contributed by atoms with Gasteiger partial charge in [0.15, 0.2) is 5.78 Å². The van der Waals surface area contributed by atoms with Gasteiger partial charge in [0.1, 0.15) is 0 Å². The summed E-state index contributed by atoms with van der Waals surface area (Å²) >= 11 is 0. The van der Waals surface area contributed by atoms with Crippen LogP contribution in [0.1, 0.15) is 43.0 Å². The lowest BCUT2D eigenvalue weighted by Crippen LogP contribution is -2.28. The fourth-order valence-corrected chi connectivity index (χ4v) is 4.40. The summed E-state index contributed by atoms with van der Waals surface area (Å²) in [4.78, 5) is 26.2. The van der Waals surface area contributed by atoms with E-state index in [1.54, 1.807) is 48.5 Å². The highest BCUT2D eigenvalue weighted by Gasteiger charge is 2.22. The number of aryl methyl sites for hydroxylation is 2. The highest BCUT2D eigenvalue weighted by molar-refractivity contribution is 7.89. The molecule has 3 aromatic carbocycles. The van der Waals surface area contributed by atoms with Crippen molar-refractivity contribution in [1.29, 1.82) is 0 Å². The first-order valence-corrected chi connectivity index (χ1v) is 11.6. The van der Waals surface area contributed by atoms with Crippen LogP contribution in [0, 0.1) is 13.8 Å². The SMILES string of the molecule is Cc1ccc(C(=O)c2ccccc2C(=O)NCc2ccccc2S(=O)(=O)N(C)C)cc1C. The van der Waals surface area contributed by atoms with E-state index in [2.05, 4.69) is 5.32 Å². The molecule has 3 rings (SSSR count). The third-order valence-corrected chi connectivity index (χ3v) is 7.27. The van der Waals surface area contributed by atoms with Crippen LogP contribution in [0.25, 0.3) is 0 Å². The van der Waals surface area contributed by atoms with Crippen LogP contribution in [0.15, 0.2) is 71.6 Å². The second-order valence-electron chi connectivity index (χ2n) is 7.75. The van der Waals surface area contributed by atoms with Crippen LogP contribution in [0.3, 0.4) is 0 Å². The van der Waals surface area contributed by atoms with Crippen molar-refractivity contribution in [1.82, 2.24) is 9.62 Å². The Labute approximate surface area is 188 Å². The fraction of sp³-hybridized carbons (Fsp3) is 0.200. The van der Waals surface area contributed by atoms with Crippen LogP contribution in [0.2, 0.25) is 0 Å². The lowest BCUT2D eigenvalue weighted by atomic mass is 9.95. The lowest BCUT2D eigenvalue weighted by Gasteiger charge is -2.16. The van der Waals surface area contributed by atoms with Gasteiger partial charge in [-0.2, -0.15) is 0 Å². The van der Waals surface area contributed by atoms with Crippen molar-refractivity contribution in [2.75, 3.05) is 14.1 Å². The van der Waals surface area contributed by atoms with Crippen molar-refractivity contribution in [2.45, 2.75) is 25.3 Å². The average molecular weight is 451 g/mol. The number of rotatable bonds is 7. The number of nitrogens with zero attached hydrogens (tertiary/aromatic N) is 1. The van der Waals surface area contributed by atoms with Crippen molar-refractivity contribution in [3.05, 3.63) is 100 Å². The zero-order valence-electron chi connectivity index (χ0n) is 18.5. The third kappa shape index (κ3) is 4.79. The van der Waals surface area contributed by atoms with E-state index in [9.17, 15) is 18.0 Å². The molecule has 1 amide bonds. The van der Waals surface area contributed by atoms with E-state index >= 15 is 0 Å². The molecular formula is C25H26N2O4S. The number of hydrogen-bond donors (Lipinski definition) is 1. The van der Waals surface area contributed by atoms with Crippen LogP contribution in [-0.4, -0.2) is 38.5 Å². The Morgan fingerprint density at radius 1 is 0.844 bits per heavy atom. The maximum atomic E-state index is 13.1. The van der Waals surface area contributed by atoms with Crippen molar-refractivity contribution >= 4 is 21.7 Å². The molecule has 0 saturated heterocycles. The van der Waals surface area contributed by atoms with Gasteiger partial charge in [0.2, 0.25) is 10.0 Å². The van der Waals surface area contributed by atoms with Gasteiger partial charge in [-0.15, -0.1) is 0 Å². The predicted molar refractivity (Wildman–Crippen MR) is 124 cm³/mol. The minimum absolute atomic E-state index is 0.00818. The average Bonchev–Trinajstić information content (AvgIpc) is 2.78. The van der Waals surface area contributed by atoms with Crippen molar-refractivity contribution < 1.29 is 18.0 Å². The first-order valence-electron chi connectivity index (χ1n) is 10.1. The largest absolute Gasteiger partial charge is 0.348 e. The number of benzene rings is 3. The van der Waals surface area contributed by atoms with Gasteiger partial charge in [-0.25, -0.2) is 12.7 Å². The number of ketones is 1. The monoisotopic (exact) mass is 450 g/mol. The number of hydrogen-bond acceptors (Lipinski definition) is 4. The second kappa shape index (κ2) is 9.46. The van der Waals surface area contributed by atoms with Crippen LogP contribution < -0.4 is 5.32 Å². The lowest BCUT2D eigenvalue weighted by molar-refractivity contribution is 0.0939. The number of amides is 1. The van der Waals surface area contributed by atoms with Gasteiger partial charge in [0.25, 0.3) is 5.91 Å². The number of carbonyl (C=O) groups is 2. The maximum Gasteiger partial charge on any atom is 0.252 e. The number of sulfonamides is 1. The molecule has 0 unspecified atom stereocenters. The Morgan fingerprint density at radius 3 is 2.12 bits per heavy atom. The molecule has 0 aliphatic heterocycles. The van der Waals surface area contributed by atoms with Crippen LogP contribution in [-0.2, 0) is 16.6 Å². The number of carbonyl (C=O) groups excluding carboxylic acids is 2. The van der Waals surface area contributed by atoms with E-state index in [0.717, 1.165) is 15.4 Å². The van der Waals surface area contributed by atoms with E-state index < -0.39 is 15.9 Å². The first-order chi connectivity index (χ1) is 15.1. The Morgan fingerprint density at radius 2 is 1.47 bits per heavy atom. The summed E-state index contributed by atoms with van der Waals surface area (Å²) in [5.74, 6) is -0.690. The van der Waals surface area contributed by atoms with Gasteiger partial charge in [0.05, 0.1) is 10.5 Å². The quantitative estimate of drug-likeness (QED) is 0.556. The molecule has 0 radical (unpaired) electrons. The summed E-state index contributed by atoms with van der Waals surface area (Å²) in [6, 6.07) is 18.6. The van der Waals surface area contributed by atoms with Gasteiger partial charge in [-0.3, -0.25) is 9.59 Å². The molecule has 0 saturated carbocycles. The van der Waals surface area contributed by atoms with Crippen molar-refractivity contribution in [3.63, 3.8) is 0 Å². The first kappa shape index (κ1) is 23.4. The summed E-state index contributed by atoms with van der Waals surface area (Å²) in [5, 5.41) is 2.76.